The summed E-state index contributed by atoms with van der Waals surface area (Å²) in [6, 6.07) is 13.9. The average molecular weight is 384 g/mol. The quantitative estimate of drug-likeness (QED) is 0.673. The van der Waals surface area contributed by atoms with E-state index in [1.54, 1.807) is 4.31 Å². The van der Waals surface area contributed by atoms with Gasteiger partial charge in [-0.2, -0.15) is 4.31 Å². The van der Waals surface area contributed by atoms with Crippen LogP contribution in [0.5, 0.6) is 0 Å². The lowest BCUT2D eigenvalue weighted by Gasteiger charge is -2.15. The Morgan fingerprint density at radius 2 is 1.59 bits per heavy atom. The summed E-state index contributed by atoms with van der Waals surface area (Å²) in [5.41, 5.74) is 4.90. The molecular formula is C23H29NO2S. The molecule has 3 rings (SSSR count). The second-order valence-corrected chi connectivity index (χ2v) is 9.63. The smallest absolute Gasteiger partial charge is 0.207 e. The van der Waals surface area contributed by atoms with E-state index in [9.17, 15) is 8.42 Å². The number of rotatable bonds is 5. The minimum absolute atomic E-state index is 0.0125. The van der Waals surface area contributed by atoms with E-state index >= 15 is 0 Å². The molecule has 3 nitrogen and oxygen atoms in total. The van der Waals surface area contributed by atoms with E-state index in [1.165, 1.54) is 0 Å². The minimum atomic E-state index is -3.56. The minimum Gasteiger partial charge on any atom is -0.207 e. The van der Waals surface area contributed by atoms with Crippen LogP contribution in [0.25, 0.3) is 5.57 Å². The number of aryl methyl sites for hydroxylation is 3. The molecule has 0 spiro atoms. The van der Waals surface area contributed by atoms with Crippen molar-refractivity contribution >= 4 is 15.6 Å². The highest BCUT2D eigenvalue weighted by atomic mass is 32.2. The zero-order valence-electron chi connectivity index (χ0n) is 17.0. The van der Waals surface area contributed by atoms with E-state index in [-0.39, 0.29) is 18.0 Å². The van der Waals surface area contributed by atoms with Crippen molar-refractivity contribution in [3.05, 3.63) is 70.8 Å². The van der Waals surface area contributed by atoms with Crippen LogP contribution in [0.1, 0.15) is 43.0 Å². The number of hydrogen-bond acceptors (Lipinski definition) is 2. The van der Waals surface area contributed by atoms with Gasteiger partial charge in [0.25, 0.3) is 0 Å². The summed E-state index contributed by atoms with van der Waals surface area (Å²) in [6.07, 6.45) is 2.06. The Labute approximate surface area is 163 Å². The fourth-order valence-electron chi connectivity index (χ4n) is 4.34. The first-order valence-electron chi connectivity index (χ1n) is 9.53. The van der Waals surface area contributed by atoms with Crippen LogP contribution in [0.4, 0.5) is 0 Å². The third-order valence-electron chi connectivity index (χ3n) is 5.36. The van der Waals surface area contributed by atoms with Crippen molar-refractivity contribution in [3.8, 4) is 0 Å². The molecule has 0 amide bonds. The molecule has 27 heavy (non-hydrogen) atoms. The molecule has 3 atom stereocenters. The Morgan fingerprint density at radius 3 is 2.07 bits per heavy atom. The Hall–Kier alpha value is -1.91. The summed E-state index contributed by atoms with van der Waals surface area (Å²) < 4.78 is 29.0. The summed E-state index contributed by atoms with van der Waals surface area (Å²) in [6.45, 7) is 12.0. The lowest BCUT2D eigenvalue weighted by atomic mass is 9.97. The van der Waals surface area contributed by atoms with Crippen LogP contribution in [-0.4, -0.2) is 24.8 Å². The van der Waals surface area contributed by atoms with E-state index < -0.39 is 10.0 Å². The van der Waals surface area contributed by atoms with Crippen molar-refractivity contribution in [3.63, 3.8) is 0 Å². The standard InChI is InChI=1S/C23H29NO2S/c1-7-20(19-11-9-8-10-12-19)22-21(15(2)3)24(22)27(25,26)23-17(5)13-16(4)14-18(23)6/h7-15,21-22H,1-6H3/b20-7+/t21-,22+,24?/m0/s1. The summed E-state index contributed by atoms with van der Waals surface area (Å²) in [7, 11) is -3.56. The van der Waals surface area contributed by atoms with Gasteiger partial charge < -0.3 is 0 Å². The number of nitrogens with zero attached hydrogens (tertiary/aromatic N) is 1. The van der Waals surface area contributed by atoms with Crippen molar-refractivity contribution in [2.24, 2.45) is 5.92 Å². The molecule has 0 bridgehead atoms. The lowest BCUT2D eigenvalue weighted by Crippen LogP contribution is -2.20. The first-order chi connectivity index (χ1) is 12.7. The molecule has 0 N–H and O–H groups in total. The van der Waals surface area contributed by atoms with E-state index in [0.717, 1.165) is 27.8 Å². The fraction of sp³-hybridized carbons (Fsp3) is 0.391. The number of sulfonamides is 1. The first-order valence-corrected chi connectivity index (χ1v) is 11.0. The van der Waals surface area contributed by atoms with Crippen molar-refractivity contribution in [1.29, 1.82) is 0 Å². The molecule has 144 valence electrons. The zero-order valence-corrected chi connectivity index (χ0v) is 17.8. The number of benzene rings is 2. The second-order valence-electron chi connectivity index (χ2n) is 7.85. The van der Waals surface area contributed by atoms with Crippen LogP contribution in [0.15, 0.2) is 53.4 Å². The third kappa shape index (κ3) is 3.48. The maximum Gasteiger partial charge on any atom is 0.244 e. The van der Waals surface area contributed by atoms with Gasteiger partial charge in [-0.1, -0.05) is 68.0 Å². The highest BCUT2D eigenvalue weighted by Crippen LogP contribution is 2.47. The highest BCUT2D eigenvalue weighted by molar-refractivity contribution is 7.89. The summed E-state index contributed by atoms with van der Waals surface area (Å²) >= 11 is 0. The fourth-order valence-corrected chi connectivity index (χ4v) is 6.64. The Balaban J connectivity index is 2.08. The van der Waals surface area contributed by atoms with Gasteiger partial charge in [-0.3, -0.25) is 0 Å². The Kier molecular flexibility index (Phi) is 5.33. The molecule has 1 fully saturated rings. The molecule has 0 saturated carbocycles. The van der Waals surface area contributed by atoms with Gasteiger partial charge in [0.05, 0.1) is 10.9 Å². The van der Waals surface area contributed by atoms with Gasteiger partial charge in [0, 0.05) is 6.04 Å². The van der Waals surface area contributed by atoms with Crippen molar-refractivity contribution < 1.29 is 8.42 Å². The van der Waals surface area contributed by atoms with Crippen LogP contribution >= 0.6 is 0 Å². The molecule has 1 heterocycles. The molecular weight excluding hydrogens is 354 g/mol. The molecule has 2 aromatic carbocycles. The van der Waals surface area contributed by atoms with Crippen LogP contribution < -0.4 is 0 Å². The first kappa shape index (κ1) is 19.8. The Morgan fingerprint density at radius 1 is 1.04 bits per heavy atom. The van der Waals surface area contributed by atoms with Crippen molar-refractivity contribution in [2.75, 3.05) is 0 Å². The third-order valence-corrected chi connectivity index (χ3v) is 7.55. The van der Waals surface area contributed by atoms with Gasteiger partial charge in [0.2, 0.25) is 10.0 Å². The Bertz CT molecular complexity index is 952. The van der Waals surface area contributed by atoms with Gasteiger partial charge in [-0.15, -0.1) is 0 Å². The van der Waals surface area contributed by atoms with Crippen LogP contribution in [0.3, 0.4) is 0 Å². The predicted octanol–water partition coefficient (Wildman–Crippen LogP) is 5.11. The molecule has 0 radical (unpaired) electrons. The molecule has 1 aliphatic heterocycles. The average Bonchev–Trinajstić information content (AvgIpc) is 3.32. The van der Waals surface area contributed by atoms with Crippen LogP contribution in [0, 0.1) is 26.7 Å². The van der Waals surface area contributed by atoms with E-state index in [4.69, 9.17) is 0 Å². The molecule has 0 aromatic heterocycles. The number of allylic oxidation sites excluding steroid dienone is 1. The van der Waals surface area contributed by atoms with Crippen molar-refractivity contribution in [2.45, 2.75) is 58.5 Å². The number of hydrogen-bond donors (Lipinski definition) is 0. The normalized spacial score (nSPS) is 22.9. The summed E-state index contributed by atoms with van der Waals surface area (Å²) in [4.78, 5) is 0.463. The molecule has 1 saturated heterocycles. The van der Waals surface area contributed by atoms with E-state index in [2.05, 4.69) is 32.1 Å². The monoisotopic (exact) mass is 383 g/mol. The zero-order chi connectivity index (χ0) is 19.9. The van der Waals surface area contributed by atoms with Gasteiger partial charge in [0.15, 0.2) is 0 Å². The van der Waals surface area contributed by atoms with Crippen molar-refractivity contribution in [1.82, 2.24) is 4.31 Å². The summed E-state index contributed by atoms with van der Waals surface area (Å²) in [5, 5.41) is 0. The second kappa shape index (κ2) is 7.25. The van der Waals surface area contributed by atoms with Gasteiger partial charge in [-0.25, -0.2) is 8.42 Å². The maximum absolute atomic E-state index is 13.6. The maximum atomic E-state index is 13.6. The molecule has 4 heteroatoms. The van der Waals surface area contributed by atoms with Gasteiger partial charge in [0.1, 0.15) is 0 Å². The van der Waals surface area contributed by atoms with Crippen LogP contribution in [0.2, 0.25) is 0 Å². The predicted molar refractivity (Wildman–Crippen MR) is 112 cm³/mol. The van der Waals surface area contributed by atoms with E-state index in [0.29, 0.717) is 4.90 Å². The molecule has 1 unspecified atom stereocenters. The molecule has 2 aromatic rings. The largest absolute Gasteiger partial charge is 0.244 e. The summed E-state index contributed by atoms with van der Waals surface area (Å²) in [5.74, 6) is 0.245. The molecule has 0 aliphatic carbocycles. The van der Waals surface area contributed by atoms with Crippen LogP contribution in [-0.2, 0) is 10.0 Å². The lowest BCUT2D eigenvalue weighted by molar-refractivity contribution is 0.516. The molecule has 1 aliphatic rings. The van der Waals surface area contributed by atoms with Gasteiger partial charge in [-0.05, 0) is 55.9 Å². The van der Waals surface area contributed by atoms with Gasteiger partial charge >= 0.3 is 0 Å². The van der Waals surface area contributed by atoms with E-state index in [1.807, 2.05) is 58.0 Å². The highest BCUT2D eigenvalue weighted by Gasteiger charge is 2.58. The topological polar surface area (TPSA) is 37.1 Å². The SMILES string of the molecule is C/C=C(\c1ccccc1)[C@@H]1[C@H](C(C)C)N1S(=O)(=O)c1c(C)cc(C)cc1C.